The third-order valence-electron chi connectivity index (χ3n) is 4.69. The Hall–Kier alpha value is -2.12. The number of benzene rings is 1. The Morgan fingerprint density at radius 2 is 1.79 bits per heavy atom. The van der Waals surface area contributed by atoms with E-state index in [0.29, 0.717) is 25.7 Å². The molecule has 3 N–H and O–H groups in total. The van der Waals surface area contributed by atoms with Crippen molar-refractivity contribution >= 4 is 11.9 Å². The summed E-state index contributed by atoms with van der Waals surface area (Å²) in [6.07, 6.45) is 4.00. The average molecular weight is 390 g/mol. The van der Waals surface area contributed by atoms with E-state index in [2.05, 4.69) is 50.1 Å². The molecule has 0 aromatic heterocycles. The van der Waals surface area contributed by atoms with E-state index in [9.17, 15) is 4.79 Å². The molecule has 1 saturated heterocycles. The van der Waals surface area contributed by atoms with E-state index in [1.54, 1.807) is 7.11 Å². The van der Waals surface area contributed by atoms with E-state index < -0.39 is 0 Å². The lowest BCUT2D eigenvalue weighted by molar-refractivity contribution is -0.120. The van der Waals surface area contributed by atoms with Gasteiger partial charge in [-0.3, -0.25) is 9.69 Å². The maximum absolute atomic E-state index is 11.8. The highest BCUT2D eigenvalue weighted by molar-refractivity contribution is 5.86. The third-order valence-corrected chi connectivity index (χ3v) is 4.69. The Morgan fingerprint density at radius 3 is 2.46 bits per heavy atom. The molecule has 0 aliphatic carbocycles. The first-order valence-electron chi connectivity index (χ1n) is 10.3. The van der Waals surface area contributed by atoms with Gasteiger partial charge < -0.3 is 20.7 Å². The molecular weight excluding hydrogens is 354 g/mol. The number of amides is 1. The van der Waals surface area contributed by atoms with Gasteiger partial charge in [-0.05, 0) is 44.0 Å². The summed E-state index contributed by atoms with van der Waals surface area (Å²) in [6, 6.07) is 8.68. The van der Waals surface area contributed by atoms with Crippen LogP contribution in [-0.2, 0) is 22.6 Å². The van der Waals surface area contributed by atoms with Gasteiger partial charge >= 0.3 is 0 Å². The number of likely N-dealkylation sites (tertiary alicyclic amines) is 1. The minimum Gasteiger partial charge on any atom is -0.383 e. The Bertz CT molecular complexity index is 597. The van der Waals surface area contributed by atoms with Crippen LogP contribution in [0.5, 0.6) is 0 Å². The molecule has 1 aromatic rings. The van der Waals surface area contributed by atoms with E-state index in [4.69, 9.17) is 4.74 Å². The fourth-order valence-corrected chi connectivity index (χ4v) is 3.16. The summed E-state index contributed by atoms with van der Waals surface area (Å²) >= 11 is 0. The number of methoxy groups -OCH3 is 1. The zero-order chi connectivity index (χ0) is 20.0. The second-order valence-electron chi connectivity index (χ2n) is 7.04. The van der Waals surface area contributed by atoms with Crippen LogP contribution in [-0.4, -0.2) is 63.2 Å². The second-order valence-corrected chi connectivity index (χ2v) is 7.04. The lowest BCUT2D eigenvalue weighted by Crippen LogP contribution is -2.43. The molecule has 1 amide bonds. The number of aliphatic imine (C=N–C) groups is 1. The quantitative estimate of drug-likeness (QED) is 0.321. The maximum Gasteiger partial charge on any atom is 0.239 e. The molecule has 2 rings (SSSR count). The molecule has 7 nitrogen and oxygen atoms in total. The van der Waals surface area contributed by atoms with Crippen LogP contribution in [0, 0.1) is 0 Å². The second kappa shape index (κ2) is 13.1. The van der Waals surface area contributed by atoms with Crippen LogP contribution >= 0.6 is 0 Å². The van der Waals surface area contributed by atoms with Gasteiger partial charge in [-0.15, -0.1) is 0 Å². The zero-order valence-corrected chi connectivity index (χ0v) is 17.3. The number of rotatable bonds is 10. The van der Waals surface area contributed by atoms with Crippen molar-refractivity contribution in [3.05, 3.63) is 35.4 Å². The van der Waals surface area contributed by atoms with Crippen molar-refractivity contribution in [1.82, 2.24) is 20.9 Å². The number of hydrogen-bond acceptors (Lipinski definition) is 4. The fraction of sp³-hybridized carbons (Fsp3) is 0.619. The van der Waals surface area contributed by atoms with Gasteiger partial charge in [0.25, 0.3) is 0 Å². The molecule has 1 aliphatic heterocycles. The topological polar surface area (TPSA) is 78.0 Å². The molecule has 7 heteroatoms. The van der Waals surface area contributed by atoms with Crippen molar-refractivity contribution in [3.63, 3.8) is 0 Å². The number of nitrogens with one attached hydrogen (secondary N) is 3. The number of nitrogens with zero attached hydrogens (tertiary/aromatic N) is 2. The van der Waals surface area contributed by atoms with E-state index >= 15 is 0 Å². The normalized spacial score (nSPS) is 15.3. The van der Waals surface area contributed by atoms with Gasteiger partial charge in [0, 0.05) is 26.7 Å². The van der Waals surface area contributed by atoms with Crippen LogP contribution in [0.1, 0.15) is 37.3 Å². The molecule has 1 aliphatic rings. The van der Waals surface area contributed by atoms with Crippen molar-refractivity contribution in [2.75, 3.05) is 46.4 Å². The SMILES string of the molecule is CCNC(=NCc1ccc(CN2CCCCC2)cc1)NCC(=O)NCCOC. The molecule has 0 spiro atoms. The Kier molecular flexibility index (Phi) is 10.4. The first-order chi connectivity index (χ1) is 13.7. The van der Waals surface area contributed by atoms with Crippen molar-refractivity contribution in [2.45, 2.75) is 39.3 Å². The van der Waals surface area contributed by atoms with Crippen LogP contribution in [0.2, 0.25) is 0 Å². The molecule has 0 radical (unpaired) electrons. The van der Waals surface area contributed by atoms with Crippen molar-refractivity contribution in [1.29, 1.82) is 0 Å². The molecule has 0 saturated carbocycles. The molecule has 0 unspecified atom stereocenters. The maximum atomic E-state index is 11.8. The van der Waals surface area contributed by atoms with Crippen LogP contribution in [0.15, 0.2) is 29.3 Å². The Balaban J connectivity index is 1.79. The van der Waals surface area contributed by atoms with Gasteiger partial charge in [-0.25, -0.2) is 4.99 Å². The summed E-state index contributed by atoms with van der Waals surface area (Å²) in [5, 5.41) is 9.01. The minimum absolute atomic E-state index is 0.0790. The molecule has 0 atom stereocenters. The summed E-state index contributed by atoms with van der Waals surface area (Å²) in [4.78, 5) is 18.9. The highest BCUT2D eigenvalue weighted by atomic mass is 16.5. The van der Waals surface area contributed by atoms with Gasteiger partial charge in [-0.1, -0.05) is 30.7 Å². The number of carbonyl (C=O) groups is 1. The lowest BCUT2D eigenvalue weighted by Gasteiger charge is -2.26. The summed E-state index contributed by atoms with van der Waals surface area (Å²) < 4.78 is 4.92. The number of piperidine rings is 1. The molecule has 156 valence electrons. The van der Waals surface area contributed by atoms with Crippen molar-refractivity contribution in [3.8, 4) is 0 Å². The molecule has 0 bridgehead atoms. The first-order valence-corrected chi connectivity index (χ1v) is 10.3. The molecule has 1 aromatic carbocycles. The molecule has 1 heterocycles. The molecule has 1 fully saturated rings. The van der Waals surface area contributed by atoms with Crippen LogP contribution in [0.4, 0.5) is 0 Å². The smallest absolute Gasteiger partial charge is 0.239 e. The predicted molar refractivity (Wildman–Crippen MR) is 113 cm³/mol. The van der Waals surface area contributed by atoms with E-state index in [1.807, 2.05) is 6.92 Å². The van der Waals surface area contributed by atoms with Crippen molar-refractivity contribution in [2.24, 2.45) is 4.99 Å². The van der Waals surface area contributed by atoms with E-state index in [0.717, 1.165) is 18.7 Å². The third kappa shape index (κ3) is 8.71. The largest absolute Gasteiger partial charge is 0.383 e. The zero-order valence-electron chi connectivity index (χ0n) is 17.3. The monoisotopic (exact) mass is 389 g/mol. The van der Waals surface area contributed by atoms with E-state index in [-0.39, 0.29) is 12.5 Å². The van der Waals surface area contributed by atoms with Crippen LogP contribution in [0.3, 0.4) is 0 Å². The standard InChI is InChI=1S/C21H35N5O2/c1-3-22-21(25-16-20(27)23-11-14-28-2)24-15-18-7-9-19(10-8-18)17-26-12-5-4-6-13-26/h7-10H,3-6,11-17H2,1-2H3,(H,23,27)(H2,22,24,25). The highest BCUT2D eigenvalue weighted by Crippen LogP contribution is 2.13. The van der Waals surface area contributed by atoms with Gasteiger partial charge in [0.05, 0.1) is 19.7 Å². The predicted octanol–water partition coefficient (Wildman–Crippen LogP) is 1.49. The van der Waals surface area contributed by atoms with Gasteiger partial charge in [0.1, 0.15) is 0 Å². The van der Waals surface area contributed by atoms with Gasteiger partial charge in [0.2, 0.25) is 5.91 Å². The minimum atomic E-state index is -0.0790. The van der Waals surface area contributed by atoms with E-state index in [1.165, 1.54) is 37.9 Å². The van der Waals surface area contributed by atoms with Crippen LogP contribution < -0.4 is 16.0 Å². The summed E-state index contributed by atoms with van der Waals surface area (Å²) in [6.45, 7) is 7.98. The summed E-state index contributed by atoms with van der Waals surface area (Å²) in [5.41, 5.74) is 2.51. The Morgan fingerprint density at radius 1 is 1.07 bits per heavy atom. The van der Waals surface area contributed by atoms with Crippen molar-refractivity contribution < 1.29 is 9.53 Å². The average Bonchev–Trinajstić information content (AvgIpc) is 2.72. The number of guanidine groups is 1. The number of ether oxygens (including phenoxy) is 1. The fourth-order valence-electron chi connectivity index (χ4n) is 3.16. The molecule has 28 heavy (non-hydrogen) atoms. The number of carbonyl (C=O) groups excluding carboxylic acids is 1. The summed E-state index contributed by atoms with van der Waals surface area (Å²) in [7, 11) is 1.61. The molecular formula is C21H35N5O2. The summed E-state index contributed by atoms with van der Waals surface area (Å²) in [5.74, 6) is 0.562. The van der Waals surface area contributed by atoms with Crippen LogP contribution in [0.25, 0.3) is 0 Å². The highest BCUT2D eigenvalue weighted by Gasteiger charge is 2.10. The number of hydrogen-bond donors (Lipinski definition) is 3. The lowest BCUT2D eigenvalue weighted by atomic mass is 10.1. The first kappa shape index (κ1) is 22.2. The van der Waals surface area contributed by atoms with Gasteiger partial charge in [-0.2, -0.15) is 0 Å². The Labute approximate surface area is 168 Å². The van der Waals surface area contributed by atoms with Gasteiger partial charge in [0.15, 0.2) is 5.96 Å².